The van der Waals surface area contributed by atoms with Gasteiger partial charge in [-0.25, -0.2) is 0 Å². The van der Waals surface area contributed by atoms with Crippen molar-refractivity contribution in [3.05, 3.63) is 23.0 Å². The molecule has 1 aliphatic heterocycles. The largest absolute Gasteiger partial charge is 0.394 e. The second kappa shape index (κ2) is 5.87. The van der Waals surface area contributed by atoms with Crippen LogP contribution in [-0.4, -0.2) is 46.5 Å². The first-order chi connectivity index (χ1) is 9.73. The first kappa shape index (κ1) is 16.1. The third-order valence-electron chi connectivity index (χ3n) is 3.58. The van der Waals surface area contributed by atoms with Crippen LogP contribution in [-0.2, 0) is 4.74 Å². The highest BCUT2D eigenvalue weighted by molar-refractivity contribution is 7.80. The molecule has 116 valence electrons. The Kier molecular flexibility index (Phi) is 4.51. The lowest BCUT2D eigenvalue weighted by Gasteiger charge is -2.44. The van der Waals surface area contributed by atoms with Gasteiger partial charge >= 0.3 is 0 Å². The Morgan fingerprint density at radius 2 is 2.24 bits per heavy atom. The summed E-state index contributed by atoms with van der Waals surface area (Å²) in [5.74, 6) is 0. The summed E-state index contributed by atoms with van der Waals surface area (Å²) in [6.45, 7) is 9.22. The molecule has 2 rings (SSSR count). The molecule has 21 heavy (non-hydrogen) atoms. The lowest BCUT2D eigenvalue weighted by atomic mass is 10.0. The lowest BCUT2D eigenvalue weighted by molar-refractivity contribution is -0.101. The fourth-order valence-corrected chi connectivity index (χ4v) is 3.19. The molecule has 2 heterocycles. The molecule has 0 amide bonds. The van der Waals surface area contributed by atoms with Crippen molar-refractivity contribution in [1.29, 1.82) is 0 Å². The molecular weight excluding hydrogens is 286 g/mol. The van der Waals surface area contributed by atoms with Crippen LogP contribution in [0.2, 0.25) is 0 Å². The number of aromatic nitrogens is 1. The fourth-order valence-electron chi connectivity index (χ4n) is 2.94. The van der Waals surface area contributed by atoms with Gasteiger partial charge in [-0.3, -0.25) is 4.98 Å². The van der Waals surface area contributed by atoms with Crippen molar-refractivity contribution < 1.29 is 9.84 Å². The molecule has 1 unspecified atom stereocenters. The van der Waals surface area contributed by atoms with Gasteiger partial charge in [0, 0.05) is 24.5 Å². The van der Waals surface area contributed by atoms with Gasteiger partial charge in [0.2, 0.25) is 0 Å². The zero-order valence-corrected chi connectivity index (χ0v) is 13.8. The number of aliphatic hydroxyl groups is 1. The number of nitrogens with zero attached hydrogens (tertiary/aromatic N) is 2. The minimum absolute atomic E-state index is 0.00855. The van der Waals surface area contributed by atoms with E-state index >= 15 is 0 Å². The number of aliphatic hydroxyl groups excluding tert-OH is 1. The van der Waals surface area contributed by atoms with Crippen molar-refractivity contribution in [3.63, 3.8) is 0 Å². The molecule has 5 nitrogen and oxygen atoms in total. The molecule has 1 fully saturated rings. The topological polar surface area (TPSA) is 71.6 Å². The van der Waals surface area contributed by atoms with Gasteiger partial charge in [0.15, 0.2) is 0 Å². The van der Waals surface area contributed by atoms with E-state index in [0.29, 0.717) is 18.1 Å². The molecule has 6 heteroatoms. The van der Waals surface area contributed by atoms with Crippen LogP contribution in [0.15, 0.2) is 6.07 Å². The number of nitrogens with two attached hydrogens (primary N) is 1. The van der Waals surface area contributed by atoms with Crippen molar-refractivity contribution in [2.75, 3.05) is 24.6 Å². The Morgan fingerprint density at radius 1 is 1.57 bits per heavy atom. The summed E-state index contributed by atoms with van der Waals surface area (Å²) in [4.78, 5) is 6.98. The van der Waals surface area contributed by atoms with Gasteiger partial charge in [-0.2, -0.15) is 0 Å². The summed E-state index contributed by atoms with van der Waals surface area (Å²) in [6.07, 6.45) is -0.221. The van der Waals surface area contributed by atoms with E-state index in [4.69, 9.17) is 22.7 Å². The molecule has 0 saturated carbocycles. The van der Waals surface area contributed by atoms with Crippen LogP contribution in [0.1, 0.15) is 30.8 Å². The first-order valence-corrected chi connectivity index (χ1v) is 7.46. The first-order valence-electron chi connectivity index (χ1n) is 7.05. The summed E-state index contributed by atoms with van der Waals surface area (Å²) in [5, 5.41) is 9.46. The van der Waals surface area contributed by atoms with Gasteiger partial charge in [0.05, 0.1) is 29.6 Å². The van der Waals surface area contributed by atoms with Crippen molar-refractivity contribution in [1.82, 2.24) is 4.98 Å². The average molecular weight is 309 g/mol. The van der Waals surface area contributed by atoms with Gasteiger partial charge in [0.25, 0.3) is 0 Å². The second-order valence-electron chi connectivity index (χ2n) is 6.17. The monoisotopic (exact) mass is 309 g/mol. The molecule has 0 radical (unpaired) electrons. The molecule has 1 aromatic rings. The molecule has 0 aliphatic carbocycles. The van der Waals surface area contributed by atoms with Gasteiger partial charge in [-0.05, 0) is 33.8 Å². The number of rotatable bonds is 3. The van der Waals surface area contributed by atoms with E-state index in [1.54, 1.807) is 0 Å². The van der Waals surface area contributed by atoms with Gasteiger partial charge in [-0.15, -0.1) is 0 Å². The van der Waals surface area contributed by atoms with Crippen LogP contribution >= 0.6 is 12.2 Å². The Morgan fingerprint density at radius 3 is 2.81 bits per heavy atom. The normalized spacial score (nSPS) is 21.4. The predicted octanol–water partition coefficient (Wildman–Crippen LogP) is 1.31. The van der Waals surface area contributed by atoms with Crippen molar-refractivity contribution in [3.8, 4) is 0 Å². The summed E-state index contributed by atoms with van der Waals surface area (Å²) < 4.78 is 5.86. The van der Waals surface area contributed by atoms with Crippen molar-refractivity contribution in [2.24, 2.45) is 5.73 Å². The van der Waals surface area contributed by atoms with Gasteiger partial charge in [-0.1, -0.05) is 12.2 Å². The van der Waals surface area contributed by atoms with E-state index in [0.717, 1.165) is 22.6 Å². The Balaban J connectivity index is 2.47. The second-order valence-corrected chi connectivity index (χ2v) is 6.61. The number of morpholine rings is 1. The van der Waals surface area contributed by atoms with E-state index in [-0.39, 0.29) is 18.3 Å². The number of aryl methyl sites for hydroxylation is 2. The van der Waals surface area contributed by atoms with E-state index in [1.165, 1.54) is 0 Å². The number of pyridine rings is 1. The lowest BCUT2D eigenvalue weighted by Crippen LogP contribution is -2.54. The highest BCUT2D eigenvalue weighted by atomic mass is 32.1. The minimum atomic E-state index is -0.343. The van der Waals surface area contributed by atoms with E-state index in [2.05, 4.69) is 9.88 Å². The highest BCUT2D eigenvalue weighted by Gasteiger charge is 2.34. The molecule has 1 aliphatic rings. The van der Waals surface area contributed by atoms with Crippen LogP contribution in [0.25, 0.3) is 0 Å². The highest BCUT2D eigenvalue weighted by Crippen LogP contribution is 2.30. The fraction of sp³-hybridized carbons (Fsp3) is 0.600. The molecule has 1 atom stereocenters. The van der Waals surface area contributed by atoms with Crippen LogP contribution in [0, 0.1) is 13.8 Å². The maximum absolute atomic E-state index is 9.46. The summed E-state index contributed by atoms with van der Waals surface area (Å²) in [7, 11) is 0. The average Bonchev–Trinajstić information content (AvgIpc) is 2.35. The number of thiocarbonyl (C=S) groups is 1. The Hall–Kier alpha value is -1.24. The third-order valence-corrected chi connectivity index (χ3v) is 3.78. The van der Waals surface area contributed by atoms with E-state index < -0.39 is 0 Å². The summed E-state index contributed by atoms with van der Waals surface area (Å²) >= 11 is 5.20. The maximum Gasteiger partial charge on any atom is 0.107 e. The van der Waals surface area contributed by atoms with E-state index in [9.17, 15) is 5.11 Å². The van der Waals surface area contributed by atoms with Gasteiger partial charge < -0.3 is 20.5 Å². The Bertz CT molecular complexity index is 560. The molecule has 0 aromatic carbocycles. The molecule has 0 spiro atoms. The van der Waals surface area contributed by atoms with Crippen LogP contribution < -0.4 is 10.6 Å². The zero-order valence-electron chi connectivity index (χ0n) is 13.0. The standard InChI is InChI=1S/C15H23N3O2S/c1-9-5-12(13(14(16)21)10(2)17-9)18-6-11(7-19)20-15(3,4)8-18/h5,11,19H,6-8H2,1-4H3,(H2,16,21). The number of anilines is 1. The van der Waals surface area contributed by atoms with Crippen LogP contribution in [0.5, 0.6) is 0 Å². The number of ether oxygens (including phenoxy) is 1. The molecular formula is C15H23N3O2S. The SMILES string of the molecule is Cc1cc(N2CC(CO)OC(C)(C)C2)c(C(N)=S)c(C)n1. The molecule has 1 aromatic heterocycles. The summed E-state index contributed by atoms with van der Waals surface area (Å²) in [6, 6.07) is 2.00. The summed E-state index contributed by atoms with van der Waals surface area (Å²) in [5.41, 5.74) is 9.09. The van der Waals surface area contributed by atoms with Crippen molar-refractivity contribution >= 4 is 22.9 Å². The molecule has 1 saturated heterocycles. The smallest absolute Gasteiger partial charge is 0.107 e. The Labute approximate surface area is 131 Å². The van der Waals surface area contributed by atoms with Gasteiger partial charge in [0.1, 0.15) is 4.99 Å². The number of hydrogen-bond acceptors (Lipinski definition) is 5. The molecule has 0 bridgehead atoms. The molecule has 3 N–H and O–H groups in total. The predicted molar refractivity (Wildman–Crippen MR) is 87.8 cm³/mol. The van der Waals surface area contributed by atoms with Crippen LogP contribution in [0.4, 0.5) is 5.69 Å². The zero-order chi connectivity index (χ0) is 15.8. The minimum Gasteiger partial charge on any atom is -0.394 e. The van der Waals surface area contributed by atoms with E-state index in [1.807, 2.05) is 33.8 Å². The number of hydrogen-bond donors (Lipinski definition) is 2. The maximum atomic E-state index is 9.46. The quantitative estimate of drug-likeness (QED) is 0.820. The van der Waals surface area contributed by atoms with Crippen molar-refractivity contribution in [2.45, 2.75) is 39.4 Å². The van der Waals surface area contributed by atoms with Crippen LogP contribution in [0.3, 0.4) is 0 Å². The third kappa shape index (κ3) is 3.51.